The van der Waals surface area contributed by atoms with Gasteiger partial charge in [0.25, 0.3) is 0 Å². The van der Waals surface area contributed by atoms with Gasteiger partial charge in [0.2, 0.25) is 0 Å². The summed E-state index contributed by atoms with van der Waals surface area (Å²) in [6, 6.07) is 0. The van der Waals surface area contributed by atoms with Crippen LogP contribution in [0.15, 0.2) is 24.0 Å². The minimum atomic E-state index is -1.29. The number of unbranched alkanes of at least 4 members (excludes halogenated alkanes) is 2. The fourth-order valence-electron chi connectivity index (χ4n) is 4.16. The second-order valence-electron chi connectivity index (χ2n) is 7.85. The van der Waals surface area contributed by atoms with E-state index in [2.05, 4.69) is 0 Å². The topological polar surface area (TPSA) is 66.8 Å². The average Bonchev–Trinajstić information content (AvgIpc) is 3.09. The Morgan fingerprint density at radius 3 is 2.79 bits per heavy atom. The summed E-state index contributed by atoms with van der Waals surface area (Å²) in [5, 5.41) is 18.7. The monoisotopic (exact) mass is 410 g/mol. The van der Waals surface area contributed by atoms with Crippen LogP contribution in [0.5, 0.6) is 0 Å². The quantitative estimate of drug-likeness (QED) is 0.327. The number of rotatable bonds is 10. The summed E-state index contributed by atoms with van der Waals surface area (Å²) in [7, 11) is 0. The zero-order valence-electron chi connectivity index (χ0n) is 18.2. The number of aliphatic hydroxyl groups is 1. The van der Waals surface area contributed by atoms with Crippen molar-refractivity contribution in [1.82, 2.24) is 0 Å². The van der Waals surface area contributed by atoms with Crippen molar-refractivity contribution < 1.29 is 59.5 Å². The van der Waals surface area contributed by atoms with Crippen LogP contribution in [-0.4, -0.2) is 40.7 Å². The molecule has 2 fully saturated rings. The van der Waals surface area contributed by atoms with Gasteiger partial charge in [0, 0.05) is 12.3 Å². The van der Waals surface area contributed by atoms with Crippen molar-refractivity contribution in [3.63, 3.8) is 0 Å². The van der Waals surface area contributed by atoms with Gasteiger partial charge < -0.3 is 16.4 Å². The van der Waals surface area contributed by atoms with E-state index in [9.17, 15) is 18.7 Å². The minimum absolute atomic E-state index is 0. The number of aliphatic carboxylic acids is 1. The smallest absolute Gasteiger partial charge is 1.00 e. The molecule has 0 radical (unpaired) electrons. The zero-order valence-corrected chi connectivity index (χ0v) is 19.2. The van der Waals surface area contributed by atoms with Gasteiger partial charge in [0.05, 0.1) is 0 Å². The summed E-state index contributed by atoms with van der Waals surface area (Å²) in [6.07, 6.45) is 4.63. The molecule has 7 heteroatoms. The van der Waals surface area contributed by atoms with Crippen LogP contribution < -0.4 is 29.6 Å². The third-order valence-corrected chi connectivity index (χ3v) is 5.71. The van der Waals surface area contributed by atoms with E-state index in [1.165, 1.54) is 6.08 Å². The Hall–Kier alpha value is -0.430. The molecular formula is C21H33F2NaO4. The number of hydrogen-bond donors (Lipinski definition) is 2. The first-order chi connectivity index (χ1) is 12.8. The standard InChI is InChI=1S/C21H32F2O4.Na.H/c1-3-4-7-15(22)16(24)11-10-14-13(2)12-18-20(14)21(23)17(27-18)8-5-6-9-19(25)26;;/h8,10-11,13-16,18,20-21,24H,3-7,9,12H2,1-2H3,(H,25,26);;/q;+1;-1/b11-10+,17-8-;;/t13-,14+,15?,16-,18+,20-,21?;;/m1../s1. The fourth-order valence-corrected chi connectivity index (χ4v) is 4.16. The van der Waals surface area contributed by atoms with E-state index >= 15 is 0 Å². The van der Waals surface area contributed by atoms with Gasteiger partial charge in [-0.05, 0) is 43.6 Å². The predicted octanol–water partition coefficient (Wildman–Crippen LogP) is 1.70. The summed E-state index contributed by atoms with van der Waals surface area (Å²) >= 11 is 0. The second-order valence-corrected chi connectivity index (χ2v) is 7.85. The largest absolute Gasteiger partial charge is 1.00 e. The number of carboxylic acid groups (broad SMARTS) is 1. The van der Waals surface area contributed by atoms with E-state index in [1.807, 2.05) is 13.8 Å². The Morgan fingerprint density at radius 2 is 2.14 bits per heavy atom. The molecule has 2 aliphatic rings. The Balaban J connectivity index is 0.00000392. The molecule has 2 rings (SSSR count). The van der Waals surface area contributed by atoms with E-state index in [1.54, 1.807) is 12.2 Å². The van der Waals surface area contributed by atoms with Crippen molar-refractivity contribution in [3.05, 3.63) is 24.0 Å². The van der Waals surface area contributed by atoms with Gasteiger partial charge in [-0.15, -0.1) is 0 Å². The molecular weight excluding hydrogens is 377 g/mol. The molecule has 4 nitrogen and oxygen atoms in total. The van der Waals surface area contributed by atoms with Crippen LogP contribution in [0.25, 0.3) is 0 Å². The Bertz CT molecular complexity index is 561. The SMILES string of the molecule is CCCCC(F)[C@H](O)/C=C/[C@@H]1[C@H]2C(F)/C(=C/CCCC(=O)O)O[C@H]2C[C@H]1C.[H-].[Na+]. The van der Waals surface area contributed by atoms with Crippen LogP contribution >= 0.6 is 0 Å². The van der Waals surface area contributed by atoms with E-state index in [0.29, 0.717) is 25.0 Å². The molecule has 2 N–H and O–H groups in total. The first-order valence-corrected chi connectivity index (χ1v) is 10.1. The van der Waals surface area contributed by atoms with Crippen LogP contribution in [-0.2, 0) is 9.53 Å². The minimum Gasteiger partial charge on any atom is -1.00 e. The number of hydrogen-bond acceptors (Lipinski definition) is 3. The van der Waals surface area contributed by atoms with Gasteiger partial charge >= 0.3 is 35.5 Å². The molecule has 1 aliphatic carbocycles. The van der Waals surface area contributed by atoms with Crippen molar-refractivity contribution in [1.29, 1.82) is 0 Å². The number of fused-ring (bicyclic) bond motifs is 1. The second kappa shape index (κ2) is 12.3. The van der Waals surface area contributed by atoms with Crippen molar-refractivity contribution in [2.24, 2.45) is 17.8 Å². The van der Waals surface area contributed by atoms with Crippen LogP contribution in [0.2, 0.25) is 0 Å². The fraction of sp³-hybridized carbons (Fsp3) is 0.762. The van der Waals surface area contributed by atoms with E-state index < -0.39 is 24.4 Å². The molecule has 0 aromatic rings. The van der Waals surface area contributed by atoms with Crippen LogP contribution in [0.1, 0.15) is 60.2 Å². The van der Waals surface area contributed by atoms with Crippen LogP contribution in [0.4, 0.5) is 8.78 Å². The number of allylic oxidation sites excluding steroid dienone is 3. The zero-order chi connectivity index (χ0) is 20.0. The molecule has 156 valence electrons. The number of aliphatic hydroxyl groups excluding tert-OH is 1. The molecule has 1 saturated carbocycles. The first kappa shape index (κ1) is 25.6. The first-order valence-electron chi connectivity index (χ1n) is 10.1. The molecule has 1 saturated heterocycles. The number of halogens is 2. The molecule has 1 heterocycles. The Morgan fingerprint density at radius 1 is 1.43 bits per heavy atom. The normalized spacial score (nSPS) is 32.8. The molecule has 0 bridgehead atoms. The number of alkyl halides is 2. The molecule has 0 aromatic heterocycles. The third kappa shape index (κ3) is 6.82. The van der Waals surface area contributed by atoms with Gasteiger partial charge in [0.1, 0.15) is 24.1 Å². The third-order valence-electron chi connectivity index (χ3n) is 5.71. The Kier molecular flexibility index (Phi) is 11.3. The maximum atomic E-state index is 14.9. The van der Waals surface area contributed by atoms with Crippen molar-refractivity contribution in [2.45, 2.75) is 83.3 Å². The molecule has 7 atom stereocenters. The van der Waals surface area contributed by atoms with Crippen LogP contribution in [0.3, 0.4) is 0 Å². The summed E-state index contributed by atoms with van der Waals surface area (Å²) < 4.78 is 34.6. The number of carbonyl (C=O) groups is 1. The van der Waals surface area contributed by atoms with E-state index in [0.717, 1.165) is 19.3 Å². The van der Waals surface area contributed by atoms with Gasteiger partial charge in [-0.25, -0.2) is 8.78 Å². The maximum absolute atomic E-state index is 14.9. The molecule has 2 unspecified atom stereocenters. The van der Waals surface area contributed by atoms with E-state index in [4.69, 9.17) is 9.84 Å². The number of carboxylic acids is 1. The predicted molar refractivity (Wildman–Crippen MR) is 101 cm³/mol. The maximum Gasteiger partial charge on any atom is 1.00 e. The molecule has 28 heavy (non-hydrogen) atoms. The molecule has 1 aliphatic heterocycles. The summed E-state index contributed by atoms with van der Waals surface area (Å²) in [4.78, 5) is 10.6. The van der Waals surface area contributed by atoms with Gasteiger partial charge in [-0.2, -0.15) is 0 Å². The van der Waals surface area contributed by atoms with Crippen molar-refractivity contribution in [2.75, 3.05) is 0 Å². The molecule has 0 spiro atoms. The molecule has 0 aromatic carbocycles. The van der Waals surface area contributed by atoms with Crippen molar-refractivity contribution in [3.8, 4) is 0 Å². The number of ether oxygens (including phenoxy) is 1. The van der Waals surface area contributed by atoms with Crippen LogP contribution in [0, 0.1) is 17.8 Å². The summed E-state index contributed by atoms with van der Waals surface area (Å²) in [5.41, 5.74) is 0. The van der Waals surface area contributed by atoms with Gasteiger partial charge in [-0.1, -0.05) is 38.8 Å². The Labute approximate surface area is 190 Å². The average molecular weight is 410 g/mol. The molecule has 0 amide bonds. The summed E-state index contributed by atoms with van der Waals surface area (Å²) in [6.45, 7) is 4.00. The summed E-state index contributed by atoms with van der Waals surface area (Å²) in [5.74, 6) is -0.806. The van der Waals surface area contributed by atoms with Gasteiger partial charge in [-0.3, -0.25) is 4.79 Å². The van der Waals surface area contributed by atoms with Gasteiger partial charge in [0.15, 0.2) is 6.17 Å². The van der Waals surface area contributed by atoms with E-state index in [-0.39, 0.29) is 61.3 Å². The van der Waals surface area contributed by atoms with Crippen molar-refractivity contribution >= 4 is 5.97 Å².